The minimum absolute atomic E-state index is 0.0118. The van der Waals surface area contributed by atoms with E-state index >= 15 is 0 Å². The molecule has 14 nitrogen and oxygen atoms in total. The van der Waals surface area contributed by atoms with Crippen molar-refractivity contribution >= 4 is 5.97 Å². The highest BCUT2D eigenvalue weighted by Crippen LogP contribution is 2.53. The maximum Gasteiger partial charge on any atom is 0.316 e. The Hall–Kier alpha value is -2.05. The van der Waals surface area contributed by atoms with E-state index in [0.717, 1.165) is 18.4 Å². The lowest BCUT2D eigenvalue weighted by atomic mass is 9.64. The highest BCUT2D eigenvalue weighted by Gasteiger charge is 2.67. The van der Waals surface area contributed by atoms with Crippen molar-refractivity contribution in [3.8, 4) is 0 Å². The second kappa shape index (κ2) is 19.7. The third-order valence-corrected chi connectivity index (χ3v) is 15.5. The van der Waals surface area contributed by atoms with Crippen LogP contribution in [0.25, 0.3) is 0 Å². The summed E-state index contributed by atoms with van der Waals surface area (Å²) in [5, 5.41) is 34.8. The third kappa shape index (κ3) is 9.58. The molecule has 0 aromatic rings. The van der Waals surface area contributed by atoms with Crippen LogP contribution in [-0.4, -0.2) is 139 Å². The summed E-state index contributed by atoms with van der Waals surface area (Å²) in [6, 6.07) is 0. The topological polar surface area (TPSA) is 170 Å². The fourth-order valence-corrected chi connectivity index (χ4v) is 11.4. The molecule has 356 valence electrons. The summed E-state index contributed by atoms with van der Waals surface area (Å²) in [6.45, 7) is 17.9. The van der Waals surface area contributed by atoms with Gasteiger partial charge >= 0.3 is 5.97 Å². The van der Waals surface area contributed by atoms with Crippen molar-refractivity contribution in [3.63, 3.8) is 0 Å². The van der Waals surface area contributed by atoms with Gasteiger partial charge in [0, 0.05) is 52.2 Å². The van der Waals surface area contributed by atoms with E-state index < -0.39 is 90.3 Å². The molecular formula is C49H76O14. The number of aliphatic hydroxyl groups is 3. The number of aliphatic hydroxyl groups excluding tert-OH is 2. The van der Waals surface area contributed by atoms with Gasteiger partial charge in [0.15, 0.2) is 18.4 Å². The summed E-state index contributed by atoms with van der Waals surface area (Å²) >= 11 is 0. The minimum atomic E-state index is -1.88. The van der Waals surface area contributed by atoms with Crippen molar-refractivity contribution in [2.75, 3.05) is 20.8 Å². The Morgan fingerprint density at radius 3 is 2.33 bits per heavy atom. The molecule has 5 saturated heterocycles. The van der Waals surface area contributed by atoms with Crippen LogP contribution in [0, 0.1) is 23.7 Å². The first-order chi connectivity index (χ1) is 29.9. The molecule has 6 aliphatic heterocycles. The Labute approximate surface area is 374 Å². The Kier molecular flexibility index (Phi) is 15.2. The van der Waals surface area contributed by atoms with E-state index in [1.807, 2.05) is 19.1 Å². The third-order valence-electron chi connectivity index (χ3n) is 15.5. The second-order valence-corrected chi connectivity index (χ2v) is 19.9. The van der Waals surface area contributed by atoms with Crippen LogP contribution < -0.4 is 0 Å². The van der Waals surface area contributed by atoms with Crippen LogP contribution in [0.1, 0.15) is 114 Å². The Bertz CT molecular complexity index is 1730. The smallest absolute Gasteiger partial charge is 0.316 e. The zero-order valence-corrected chi connectivity index (χ0v) is 39.4. The van der Waals surface area contributed by atoms with E-state index in [9.17, 15) is 20.1 Å². The first-order valence-electron chi connectivity index (χ1n) is 23.6. The number of ether oxygens (including phenoxy) is 10. The van der Waals surface area contributed by atoms with Crippen LogP contribution in [0.5, 0.6) is 0 Å². The van der Waals surface area contributed by atoms with Crippen LogP contribution in [0.3, 0.4) is 0 Å². The Morgan fingerprint density at radius 2 is 1.62 bits per heavy atom. The van der Waals surface area contributed by atoms with Crippen molar-refractivity contribution in [1.82, 2.24) is 0 Å². The van der Waals surface area contributed by atoms with Crippen LogP contribution in [0.2, 0.25) is 0 Å². The van der Waals surface area contributed by atoms with Gasteiger partial charge in [-0.2, -0.15) is 0 Å². The van der Waals surface area contributed by atoms with E-state index in [-0.39, 0.29) is 30.8 Å². The molecule has 0 radical (unpaired) electrons. The SMILES string of the molecule is CC[C@H](C)[C@H]1O[C@]2(CC[C@@H]1C)C[C@@H]1C[C@@H](C/C=C(\C)[C@@H](O[C@H]3C[C@H](OC)[C@@H](OC4C[C@H](OC)[C@@H](O)[C@H](C)O4)[C@H](C)O3)[C@@H](C)/C=C/C=C3\CO[C@]4(C)[C@H](O)C(C)=C[C@@H](C(=O)O1)[C@]34O)O2. The molecule has 20 atom stereocenters. The first-order valence-corrected chi connectivity index (χ1v) is 23.6. The molecular weight excluding hydrogens is 813 g/mol. The van der Waals surface area contributed by atoms with E-state index in [4.69, 9.17) is 47.4 Å². The zero-order valence-electron chi connectivity index (χ0n) is 39.4. The lowest BCUT2D eigenvalue weighted by Gasteiger charge is -2.51. The maximum absolute atomic E-state index is 14.5. The van der Waals surface area contributed by atoms with Crippen LogP contribution in [0.15, 0.2) is 47.1 Å². The second-order valence-electron chi connectivity index (χ2n) is 19.9. The van der Waals surface area contributed by atoms with Gasteiger partial charge in [-0.15, -0.1) is 0 Å². The van der Waals surface area contributed by atoms with Crippen molar-refractivity contribution in [1.29, 1.82) is 0 Å². The van der Waals surface area contributed by atoms with Crippen LogP contribution in [0.4, 0.5) is 0 Å². The van der Waals surface area contributed by atoms with Crippen molar-refractivity contribution in [3.05, 3.63) is 47.1 Å². The molecule has 3 N–H and O–H groups in total. The number of esters is 1. The number of fused-ring (bicyclic) bond motifs is 2. The number of hydrogen-bond donors (Lipinski definition) is 3. The molecule has 1 spiro atoms. The van der Waals surface area contributed by atoms with Crippen molar-refractivity contribution in [2.24, 2.45) is 23.7 Å². The number of methoxy groups -OCH3 is 2. The van der Waals surface area contributed by atoms with Gasteiger partial charge < -0.3 is 62.7 Å². The summed E-state index contributed by atoms with van der Waals surface area (Å²) in [4.78, 5) is 14.5. The quantitative estimate of drug-likeness (QED) is 0.192. The molecule has 14 heteroatoms. The molecule has 7 aliphatic rings. The van der Waals surface area contributed by atoms with Gasteiger partial charge in [-0.1, -0.05) is 64.5 Å². The molecule has 7 rings (SSSR count). The van der Waals surface area contributed by atoms with Crippen LogP contribution in [-0.2, 0) is 52.2 Å². The minimum Gasteiger partial charge on any atom is -0.462 e. The zero-order chi connectivity index (χ0) is 45.6. The van der Waals surface area contributed by atoms with Gasteiger partial charge in [-0.25, -0.2) is 0 Å². The van der Waals surface area contributed by atoms with Crippen molar-refractivity contribution in [2.45, 2.75) is 210 Å². The van der Waals surface area contributed by atoms with E-state index in [1.165, 1.54) is 0 Å². The average Bonchev–Trinajstić information content (AvgIpc) is 3.52. The predicted octanol–water partition coefficient (Wildman–Crippen LogP) is 5.99. The molecule has 5 fully saturated rings. The van der Waals surface area contributed by atoms with Gasteiger partial charge in [-0.3, -0.25) is 4.79 Å². The van der Waals surface area contributed by atoms with Crippen LogP contribution >= 0.6 is 0 Å². The van der Waals surface area contributed by atoms with Gasteiger partial charge in [-0.05, 0) is 76.0 Å². The number of carbonyl (C=O) groups excluding carboxylic acids is 1. The molecule has 6 heterocycles. The van der Waals surface area contributed by atoms with E-state index in [2.05, 4.69) is 40.7 Å². The molecule has 63 heavy (non-hydrogen) atoms. The number of allylic oxidation sites excluding steroid dienone is 2. The Balaban J connectivity index is 1.19. The molecule has 2 bridgehead atoms. The molecule has 1 aliphatic carbocycles. The fraction of sp³-hybridized carbons (Fsp3) is 0.816. The first kappa shape index (κ1) is 48.9. The average molecular weight is 889 g/mol. The monoisotopic (exact) mass is 889 g/mol. The standard InChI is InChI=1S/C49H76O14/c1-12-26(2)43-29(5)18-19-48(63-43)24-35-21-34(62-48)17-16-28(4)42(60-40-23-38(55-11)44(32(8)58-40)61-39-22-37(54-10)41(50)31(7)57-39)27(3)14-13-15-33-25-56-47(9)45(51)30(6)20-36(46(52)59-35)49(33,47)53/h13-16,20,26-27,29,31-32,34-45,50-51,53H,12,17-19,21-25H2,1-11H3/b14-13+,28-16+,33-15+/t26-,27-,29-,31-,32-,34+,35-,36-,37-,38-,39?,40-,41-,42-,43+,44-,45+,47+,48+,49+/m0/s1. The summed E-state index contributed by atoms with van der Waals surface area (Å²) in [5.74, 6) is -2.16. The number of carbonyl (C=O) groups is 1. The van der Waals surface area contributed by atoms with Gasteiger partial charge in [0.1, 0.15) is 41.5 Å². The van der Waals surface area contributed by atoms with E-state index in [1.54, 1.807) is 47.1 Å². The van der Waals surface area contributed by atoms with Gasteiger partial charge in [0.25, 0.3) is 0 Å². The van der Waals surface area contributed by atoms with Gasteiger partial charge in [0.2, 0.25) is 0 Å². The molecule has 0 aromatic heterocycles. The maximum atomic E-state index is 14.5. The highest BCUT2D eigenvalue weighted by molar-refractivity contribution is 5.79. The highest BCUT2D eigenvalue weighted by atomic mass is 16.7. The molecule has 0 amide bonds. The van der Waals surface area contributed by atoms with Gasteiger partial charge in [0.05, 0.1) is 49.3 Å². The lowest BCUT2D eigenvalue weighted by Crippen LogP contribution is -2.65. The Morgan fingerprint density at radius 1 is 0.921 bits per heavy atom. The summed E-state index contributed by atoms with van der Waals surface area (Å²) in [6.07, 6.45) is 7.45. The molecule has 0 saturated carbocycles. The van der Waals surface area contributed by atoms with E-state index in [0.29, 0.717) is 61.5 Å². The predicted molar refractivity (Wildman–Crippen MR) is 232 cm³/mol. The number of hydrogen-bond acceptors (Lipinski definition) is 14. The largest absolute Gasteiger partial charge is 0.462 e. The molecule has 1 unspecified atom stereocenters. The lowest BCUT2D eigenvalue weighted by molar-refractivity contribution is -0.340. The summed E-state index contributed by atoms with van der Waals surface area (Å²) in [7, 11) is 3.23. The summed E-state index contributed by atoms with van der Waals surface area (Å²) in [5.41, 5.74) is -1.39. The normalized spacial score (nSPS) is 50.0. The fourth-order valence-electron chi connectivity index (χ4n) is 11.4. The molecule has 0 aromatic carbocycles. The summed E-state index contributed by atoms with van der Waals surface area (Å²) < 4.78 is 64.2. The number of rotatable bonds is 8. The van der Waals surface area contributed by atoms with Crippen molar-refractivity contribution < 1.29 is 67.5 Å².